The average Bonchev–Trinajstić information content (AvgIpc) is 2.53. The summed E-state index contributed by atoms with van der Waals surface area (Å²) in [6.07, 6.45) is 5.59. The van der Waals surface area contributed by atoms with Crippen molar-refractivity contribution in [1.82, 2.24) is 5.32 Å². The second kappa shape index (κ2) is 7.97. The molecule has 1 fully saturated rings. The van der Waals surface area contributed by atoms with E-state index < -0.39 is 11.9 Å². The van der Waals surface area contributed by atoms with E-state index in [-0.39, 0.29) is 24.3 Å². The Balaban J connectivity index is 1.96. The molecule has 0 spiro atoms. The van der Waals surface area contributed by atoms with Crippen LogP contribution in [0.2, 0.25) is 0 Å². The molecule has 2 rings (SSSR count). The van der Waals surface area contributed by atoms with Crippen molar-refractivity contribution in [1.29, 1.82) is 0 Å². The van der Waals surface area contributed by atoms with Gasteiger partial charge in [0.25, 0.3) is 0 Å². The number of amides is 1. The zero-order chi connectivity index (χ0) is 15.9. The third-order valence-electron chi connectivity index (χ3n) is 4.62. The van der Waals surface area contributed by atoms with Gasteiger partial charge in [-0.2, -0.15) is 0 Å². The van der Waals surface area contributed by atoms with Crippen LogP contribution in [-0.4, -0.2) is 23.0 Å². The van der Waals surface area contributed by atoms with Crippen LogP contribution >= 0.6 is 0 Å². The molecule has 4 heteroatoms. The third-order valence-corrected chi connectivity index (χ3v) is 4.62. The Morgan fingerprint density at radius 3 is 2.41 bits per heavy atom. The number of aliphatic carboxylic acids is 1. The highest BCUT2D eigenvalue weighted by atomic mass is 16.4. The molecule has 1 amide bonds. The second-order valence-corrected chi connectivity index (χ2v) is 6.25. The van der Waals surface area contributed by atoms with Gasteiger partial charge in [-0.05, 0) is 24.3 Å². The number of hydrogen-bond donors (Lipinski definition) is 2. The summed E-state index contributed by atoms with van der Waals surface area (Å²) in [5.74, 6) is -1.92. The van der Waals surface area contributed by atoms with Crippen LogP contribution < -0.4 is 5.32 Å². The van der Waals surface area contributed by atoms with Crippen LogP contribution in [0.25, 0.3) is 0 Å². The topological polar surface area (TPSA) is 66.4 Å². The van der Waals surface area contributed by atoms with Gasteiger partial charge in [0, 0.05) is 12.5 Å². The highest BCUT2D eigenvalue weighted by Gasteiger charge is 2.29. The van der Waals surface area contributed by atoms with Gasteiger partial charge in [-0.1, -0.05) is 56.5 Å². The van der Waals surface area contributed by atoms with Crippen molar-refractivity contribution in [3.8, 4) is 0 Å². The van der Waals surface area contributed by atoms with Gasteiger partial charge in [0.2, 0.25) is 5.91 Å². The predicted octanol–water partition coefficient (Wildman–Crippen LogP) is 3.33. The average molecular weight is 303 g/mol. The van der Waals surface area contributed by atoms with Crippen molar-refractivity contribution in [3.05, 3.63) is 35.9 Å². The summed E-state index contributed by atoms with van der Waals surface area (Å²) in [6.45, 7) is 1.88. The molecule has 1 saturated carbocycles. The maximum Gasteiger partial charge on any atom is 0.307 e. The van der Waals surface area contributed by atoms with E-state index in [9.17, 15) is 14.7 Å². The van der Waals surface area contributed by atoms with Gasteiger partial charge in [0.1, 0.15) is 0 Å². The van der Waals surface area contributed by atoms with E-state index in [2.05, 4.69) is 5.32 Å². The Kier molecular flexibility index (Phi) is 5.99. The van der Waals surface area contributed by atoms with Crippen LogP contribution in [0.5, 0.6) is 0 Å². The molecule has 120 valence electrons. The first kappa shape index (κ1) is 16.5. The van der Waals surface area contributed by atoms with Gasteiger partial charge in [-0.25, -0.2) is 0 Å². The maximum absolute atomic E-state index is 12.2. The lowest BCUT2D eigenvalue weighted by atomic mass is 9.85. The van der Waals surface area contributed by atoms with Gasteiger partial charge in [-0.15, -0.1) is 0 Å². The SMILES string of the molecule is C[C@H](c1ccccc1)[C@@H](CC(=O)NC1CCCCC1)C(=O)O. The highest BCUT2D eigenvalue weighted by molar-refractivity contribution is 5.83. The van der Waals surface area contributed by atoms with E-state index in [1.165, 1.54) is 6.42 Å². The molecule has 0 unspecified atom stereocenters. The number of carboxylic acids is 1. The Hall–Kier alpha value is -1.84. The minimum atomic E-state index is -0.907. The minimum Gasteiger partial charge on any atom is -0.481 e. The molecule has 4 nitrogen and oxygen atoms in total. The van der Waals surface area contributed by atoms with Crippen molar-refractivity contribution in [3.63, 3.8) is 0 Å². The summed E-state index contributed by atoms with van der Waals surface area (Å²) < 4.78 is 0. The minimum absolute atomic E-state index is 0.0435. The quantitative estimate of drug-likeness (QED) is 0.847. The zero-order valence-electron chi connectivity index (χ0n) is 13.1. The Morgan fingerprint density at radius 2 is 1.82 bits per heavy atom. The first-order chi connectivity index (χ1) is 10.6. The number of carboxylic acid groups (broad SMARTS) is 1. The highest BCUT2D eigenvalue weighted by Crippen LogP contribution is 2.27. The van der Waals surface area contributed by atoms with Crippen LogP contribution in [0.4, 0.5) is 0 Å². The molecule has 1 aliphatic rings. The predicted molar refractivity (Wildman–Crippen MR) is 85.6 cm³/mol. The lowest BCUT2D eigenvalue weighted by Gasteiger charge is -2.25. The van der Waals surface area contributed by atoms with E-state index in [1.807, 2.05) is 37.3 Å². The second-order valence-electron chi connectivity index (χ2n) is 6.25. The number of carbonyl (C=O) groups excluding carboxylic acids is 1. The Labute approximate surface area is 131 Å². The summed E-state index contributed by atoms with van der Waals surface area (Å²) in [6, 6.07) is 9.75. The molecule has 1 aromatic carbocycles. The van der Waals surface area contributed by atoms with Crippen LogP contribution in [0.15, 0.2) is 30.3 Å². The van der Waals surface area contributed by atoms with Crippen LogP contribution in [-0.2, 0) is 9.59 Å². The summed E-state index contributed by atoms with van der Waals surface area (Å²) in [7, 11) is 0. The van der Waals surface area contributed by atoms with E-state index >= 15 is 0 Å². The maximum atomic E-state index is 12.2. The van der Waals surface area contributed by atoms with Gasteiger partial charge in [0.15, 0.2) is 0 Å². The zero-order valence-corrected chi connectivity index (χ0v) is 13.1. The Morgan fingerprint density at radius 1 is 1.18 bits per heavy atom. The van der Waals surface area contributed by atoms with Gasteiger partial charge < -0.3 is 10.4 Å². The van der Waals surface area contributed by atoms with E-state index in [0.717, 1.165) is 31.2 Å². The van der Waals surface area contributed by atoms with Gasteiger partial charge in [-0.3, -0.25) is 9.59 Å². The number of carbonyl (C=O) groups is 2. The number of rotatable bonds is 6. The molecule has 0 heterocycles. The smallest absolute Gasteiger partial charge is 0.307 e. The molecule has 0 radical (unpaired) electrons. The van der Waals surface area contributed by atoms with Crippen molar-refractivity contribution < 1.29 is 14.7 Å². The lowest BCUT2D eigenvalue weighted by Crippen LogP contribution is -2.38. The molecule has 1 aromatic rings. The molecular formula is C18H25NO3. The largest absolute Gasteiger partial charge is 0.481 e. The monoisotopic (exact) mass is 303 g/mol. The molecular weight excluding hydrogens is 278 g/mol. The van der Waals surface area contributed by atoms with E-state index in [0.29, 0.717) is 0 Å². The molecule has 0 aromatic heterocycles. The fraction of sp³-hybridized carbons (Fsp3) is 0.556. The van der Waals surface area contributed by atoms with Gasteiger partial charge in [0.05, 0.1) is 5.92 Å². The molecule has 0 saturated heterocycles. The fourth-order valence-electron chi connectivity index (χ4n) is 3.20. The number of hydrogen-bond acceptors (Lipinski definition) is 2. The molecule has 1 aliphatic carbocycles. The summed E-state index contributed by atoms with van der Waals surface area (Å²) in [5, 5.41) is 12.5. The van der Waals surface area contributed by atoms with Crippen molar-refractivity contribution in [2.24, 2.45) is 5.92 Å². The Bertz CT molecular complexity index is 494. The number of benzene rings is 1. The normalized spacial score (nSPS) is 18.4. The first-order valence-electron chi connectivity index (χ1n) is 8.15. The number of nitrogens with one attached hydrogen (secondary N) is 1. The molecule has 0 aliphatic heterocycles. The van der Waals surface area contributed by atoms with Crippen molar-refractivity contribution >= 4 is 11.9 Å². The van der Waals surface area contributed by atoms with Crippen LogP contribution in [0.3, 0.4) is 0 Å². The van der Waals surface area contributed by atoms with Crippen LogP contribution in [0, 0.1) is 5.92 Å². The van der Waals surface area contributed by atoms with Gasteiger partial charge >= 0.3 is 5.97 Å². The van der Waals surface area contributed by atoms with E-state index in [4.69, 9.17) is 0 Å². The lowest BCUT2D eigenvalue weighted by molar-refractivity contribution is -0.144. The fourth-order valence-corrected chi connectivity index (χ4v) is 3.20. The first-order valence-corrected chi connectivity index (χ1v) is 8.15. The van der Waals surface area contributed by atoms with E-state index in [1.54, 1.807) is 0 Å². The molecule has 2 atom stereocenters. The summed E-state index contributed by atoms with van der Waals surface area (Å²) >= 11 is 0. The van der Waals surface area contributed by atoms with Crippen LogP contribution in [0.1, 0.15) is 56.9 Å². The van der Waals surface area contributed by atoms with Crippen molar-refractivity contribution in [2.45, 2.75) is 57.4 Å². The third kappa shape index (κ3) is 4.58. The molecule has 22 heavy (non-hydrogen) atoms. The summed E-state index contributed by atoms with van der Waals surface area (Å²) in [5.41, 5.74) is 0.959. The summed E-state index contributed by atoms with van der Waals surface area (Å²) in [4.78, 5) is 23.7. The van der Waals surface area contributed by atoms with Crippen molar-refractivity contribution in [2.75, 3.05) is 0 Å². The molecule has 0 bridgehead atoms. The standard InChI is InChI=1S/C18H25NO3/c1-13(14-8-4-2-5-9-14)16(18(21)22)12-17(20)19-15-10-6-3-7-11-15/h2,4-5,8-9,13,15-16H,3,6-7,10-12H2,1H3,(H,19,20)(H,21,22)/t13-,16-/m1/s1. The molecule has 2 N–H and O–H groups in total.